The lowest BCUT2D eigenvalue weighted by molar-refractivity contribution is -0.140. The second-order valence-electron chi connectivity index (χ2n) is 7.32. The van der Waals surface area contributed by atoms with Crippen LogP contribution in [0.1, 0.15) is 12.6 Å². The highest BCUT2D eigenvalue weighted by Crippen LogP contribution is 2.37. The molecule has 4 heterocycles. The normalized spacial score (nSPS) is 24.2. The van der Waals surface area contributed by atoms with Crippen molar-refractivity contribution in [2.45, 2.75) is 31.7 Å². The molecule has 0 amide bonds. The molecule has 1 unspecified atom stereocenters. The maximum atomic E-state index is 13.7. The SMILES string of the molecule is C[C@H]1OC(O)N(c2cc(-c3cnc(N)nc3C(F)(F)F)nc(N3CCOCC3)n2)[C@H]1CO. The van der Waals surface area contributed by atoms with E-state index < -0.39 is 41.9 Å². The third-order valence-electron chi connectivity index (χ3n) is 5.27. The van der Waals surface area contributed by atoms with E-state index in [4.69, 9.17) is 15.2 Å². The number of nitrogen functional groups attached to an aromatic ring is 1. The fraction of sp³-hybridized carbons (Fsp3) is 0.556. The predicted octanol–water partition coefficient (Wildman–Crippen LogP) is 0.233. The van der Waals surface area contributed by atoms with Crippen molar-refractivity contribution >= 4 is 17.7 Å². The number of alkyl halides is 3. The van der Waals surface area contributed by atoms with Gasteiger partial charge in [0.2, 0.25) is 18.3 Å². The van der Waals surface area contributed by atoms with Crippen LogP contribution >= 0.6 is 0 Å². The first-order valence-corrected chi connectivity index (χ1v) is 9.83. The molecule has 0 saturated carbocycles. The Kier molecular flexibility index (Phi) is 6.03. The first kappa shape index (κ1) is 22.4. The van der Waals surface area contributed by atoms with Gasteiger partial charge in [-0.25, -0.2) is 15.0 Å². The largest absolute Gasteiger partial charge is 0.434 e. The van der Waals surface area contributed by atoms with E-state index in [-0.39, 0.29) is 24.1 Å². The number of aliphatic hydroxyl groups excluding tert-OH is 2. The minimum Gasteiger partial charge on any atom is -0.394 e. The van der Waals surface area contributed by atoms with Crippen LogP contribution in [0, 0.1) is 0 Å². The molecule has 2 aliphatic rings. The molecule has 3 atom stereocenters. The average Bonchev–Trinajstić information content (AvgIpc) is 3.06. The van der Waals surface area contributed by atoms with E-state index in [0.29, 0.717) is 26.3 Å². The molecule has 2 fully saturated rings. The molecule has 11 nitrogen and oxygen atoms in total. The molecule has 0 aromatic carbocycles. The number of hydrogen-bond acceptors (Lipinski definition) is 11. The quantitative estimate of drug-likeness (QED) is 0.581. The molecule has 4 N–H and O–H groups in total. The predicted molar refractivity (Wildman–Crippen MR) is 105 cm³/mol. The van der Waals surface area contributed by atoms with Crippen LogP contribution in [0.3, 0.4) is 0 Å². The number of hydrogen-bond donors (Lipinski definition) is 3. The molecule has 0 bridgehead atoms. The minimum absolute atomic E-state index is 0.0809. The van der Waals surface area contributed by atoms with Gasteiger partial charge >= 0.3 is 6.18 Å². The van der Waals surface area contributed by atoms with Gasteiger partial charge in [-0.15, -0.1) is 0 Å². The molecule has 2 saturated heterocycles. The second-order valence-corrected chi connectivity index (χ2v) is 7.32. The van der Waals surface area contributed by atoms with Crippen LogP contribution in [0.15, 0.2) is 12.3 Å². The number of ether oxygens (including phenoxy) is 2. The summed E-state index contributed by atoms with van der Waals surface area (Å²) >= 11 is 0. The van der Waals surface area contributed by atoms with Gasteiger partial charge in [0.05, 0.1) is 37.7 Å². The van der Waals surface area contributed by atoms with Crippen LogP contribution < -0.4 is 15.5 Å². The van der Waals surface area contributed by atoms with Crippen molar-refractivity contribution in [2.24, 2.45) is 0 Å². The first-order valence-electron chi connectivity index (χ1n) is 9.83. The summed E-state index contributed by atoms with van der Waals surface area (Å²) in [6.07, 6.45) is -5.86. The van der Waals surface area contributed by atoms with Crippen molar-refractivity contribution in [2.75, 3.05) is 48.4 Å². The summed E-state index contributed by atoms with van der Waals surface area (Å²) in [5.74, 6) is -0.312. The number of aromatic nitrogens is 4. The number of halogens is 3. The van der Waals surface area contributed by atoms with Crippen molar-refractivity contribution in [3.63, 3.8) is 0 Å². The van der Waals surface area contributed by atoms with Crippen LogP contribution in [-0.4, -0.2) is 81.6 Å². The zero-order valence-electron chi connectivity index (χ0n) is 17.0. The highest BCUT2D eigenvalue weighted by molar-refractivity contribution is 5.68. The van der Waals surface area contributed by atoms with E-state index in [9.17, 15) is 23.4 Å². The first-order chi connectivity index (χ1) is 15.2. The lowest BCUT2D eigenvalue weighted by Crippen LogP contribution is -2.42. The molecule has 0 radical (unpaired) electrons. The fourth-order valence-corrected chi connectivity index (χ4v) is 3.65. The molecular weight excluding hydrogens is 435 g/mol. The highest BCUT2D eigenvalue weighted by Gasteiger charge is 2.41. The molecule has 2 aromatic heterocycles. The summed E-state index contributed by atoms with van der Waals surface area (Å²) in [5.41, 5.74) is 3.63. The van der Waals surface area contributed by atoms with Crippen LogP contribution in [0.4, 0.5) is 30.9 Å². The summed E-state index contributed by atoms with van der Waals surface area (Å²) in [6.45, 7) is 2.92. The van der Waals surface area contributed by atoms with Crippen molar-refractivity contribution in [3.8, 4) is 11.3 Å². The highest BCUT2D eigenvalue weighted by atomic mass is 19.4. The van der Waals surface area contributed by atoms with Crippen molar-refractivity contribution in [1.82, 2.24) is 19.9 Å². The van der Waals surface area contributed by atoms with E-state index in [2.05, 4.69) is 19.9 Å². The zero-order chi connectivity index (χ0) is 23.0. The van der Waals surface area contributed by atoms with Crippen LogP contribution in [0.2, 0.25) is 0 Å². The third-order valence-corrected chi connectivity index (χ3v) is 5.27. The van der Waals surface area contributed by atoms with Gasteiger partial charge < -0.3 is 30.3 Å². The molecule has 0 aliphatic carbocycles. The number of nitrogens with zero attached hydrogens (tertiary/aromatic N) is 6. The third kappa shape index (κ3) is 4.26. The maximum Gasteiger partial charge on any atom is 0.434 e. The van der Waals surface area contributed by atoms with E-state index in [1.807, 2.05) is 0 Å². The van der Waals surface area contributed by atoms with Crippen molar-refractivity contribution < 1.29 is 32.9 Å². The van der Waals surface area contributed by atoms with Gasteiger partial charge in [-0.1, -0.05) is 0 Å². The summed E-state index contributed by atoms with van der Waals surface area (Å²) < 4.78 is 51.7. The number of rotatable bonds is 4. The van der Waals surface area contributed by atoms with Gasteiger partial charge in [0.15, 0.2) is 5.69 Å². The Morgan fingerprint density at radius 3 is 2.59 bits per heavy atom. The summed E-state index contributed by atoms with van der Waals surface area (Å²) in [6, 6.07) is 0.594. The van der Waals surface area contributed by atoms with Gasteiger partial charge in [0.1, 0.15) is 5.82 Å². The Morgan fingerprint density at radius 2 is 1.94 bits per heavy atom. The van der Waals surface area contributed by atoms with Gasteiger partial charge in [-0.2, -0.15) is 18.2 Å². The Balaban J connectivity index is 1.87. The molecule has 32 heavy (non-hydrogen) atoms. The molecule has 0 spiro atoms. The van der Waals surface area contributed by atoms with Crippen LogP contribution in [0.25, 0.3) is 11.3 Å². The number of morpholine rings is 1. The van der Waals surface area contributed by atoms with Crippen molar-refractivity contribution in [1.29, 1.82) is 0 Å². The monoisotopic (exact) mass is 457 g/mol. The van der Waals surface area contributed by atoms with Gasteiger partial charge in [-0.3, -0.25) is 4.90 Å². The summed E-state index contributed by atoms with van der Waals surface area (Å²) in [4.78, 5) is 18.9. The Morgan fingerprint density at radius 1 is 1.22 bits per heavy atom. The van der Waals surface area contributed by atoms with Gasteiger partial charge in [-0.05, 0) is 6.92 Å². The second kappa shape index (κ2) is 8.61. The summed E-state index contributed by atoms with van der Waals surface area (Å²) in [7, 11) is 0. The number of aliphatic hydroxyl groups is 2. The number of anilines is 3. The van der Waals surface area contributed by atoms with Gasteiger partial charge in [0.25, 0.3) is 0 Å². The van der Waals surface area contributed by atoms with E-state index >= 15 is 0 Å². The minimum atomic E-state index is -4.81. The number of nitrogens with two attached hydrogens (primary N) is 1. The zero-order valence-corrected chi connectivity index (χ0v) is 17.0. The van der Waals surface area contributed by atoms with Crippen LogP contribution in [-0.2, 0) is 15.7 Å². The molecule has 14 heteroatoms. The van der Waals surface area contributed by atoms with Crippen molar-refractivity contribution in [3.05, 3.63) is 18.0 Å². The molecule has 2 aromatic rings. The summed E-state index contributed by atoms with van der Waals surface area (Å²) in [5, 5.41) is 20.2. The van der Waals surface area contributed by atoms with Crippen LogP contribution in [0.5, 0.6) is 0 Å². The standard InChI is InChI=1S/C18H22F3N7O4/c1-9-12(8-29)28(17(30)32-9)13-6-11(24-16(25-13)27-2-4-31-5-3-27)10-7-23-15(22)26-14(10)18(19,20)21/h6-7,9,12,17,29-30H,2-5,8H2,1H3,(H2,22,23,26)/t9-,12+,17?/m1/s1. The lowest BCUT2D eigenvalue weighted by atomic mass is 10.1. The molecular formula is C18H22F3N7O4. The average molecular weight is 457 g/mol. The molecule has 4 rings (SSSR count). The smallest absolute Gasteiger partial charge is 0.394 e. The molecule has 174 valence electrons. The van der Waals surface area contributed by atoms with E-state index in [0.717, 1.165) is 6.20 Å². The topological polar surface area (TPSA) is 143 Å². The maximum absolute atomic E-state index is 13.7. The Bertz CT molecular complexity index is 974. The lowest BCUT2D eigenvalue weighted by Gasteiger charge is -2.30. The Hall–Kier alpha value is -2.81. The Labute approximate surface area is 180 Å². The van der Waals surface area contributed by atoms with Gasteiger partial charge in [0, 0.05) is 30.9 Å². The fourth-order valence-electron chi connectivity index (χ4n) is 3.65. The van der Waals surface area contributed by atoms with E-state index in [1.54, 1.807) is 11.8 Å². The molecule has 2 aliphatic heterocycles. The van der Waals surface area contributed by atoms with E-state index in [1.165, 1.54) is 11.0 Å².